The number of nitrogens with one attached hydrogen (secondary N) is 1. The van der Waals surface area contributed by atoms with Crippen LogP contribution in [0.25, 0.3) is 10.6 Å². The Morgan fingerprint density at radius 2 is 1.97 bits per heavy atom. The number of aryl methyl sites for hydroxylation is 1. The maximum Gasteiger partial charge on any atom is 0.265 e. The van der Waals surface area contributed by atoms with Gasteiger partial charge in [0.15, 0.2) is 5.60 Å². The van der Waals surface area contributed by atoms with Crippen molar-refractivity contribution < 1.29 is 26.2 Å². The second-order valence-corrected chi connectivity index (χ2v) is 11.3. The number of carbonyl (C=O) groups is 1. The summed E-state index contributed by atoms with van der Waals surface area (Å²) in [6.45, 7) is 2.70. The molecule has 2 aromatic heterocycles. The van der Waals surface area contributed by atoms with Crippen LogP contribution in [0.4, 0.5) is 8.78 Å². The van der Waals surface area contributed by atoms with Crippen LogP contribution in [0, 0.1) is 29.9 Å². The minimum Gasteiger partial charge on any atom is -0.345 e. The number of hydrogen-bond acceptors (Lipinski definition) is 9. The highest BCUT2D eigenvalue weighted by Crippen LogP contribution is 2.36. The molecule has 10 nitrogen and oxygen atoms in total. The molecule has 0 spiro atoms. The van der Waals surface area contributed by atoms with Crippen LogP contribution in [0.5, 0.6) is 0 Å². The van der Waals surface area contributed by atoms with Crippen molar-refractivity contribution in [2.45, 2.75) is 32.0 Å². The van der Waals surface area contributed by atoms with E-state index in [9.17, 15) is 17.6 Å². The van der Waals surface area contributed by atoms with Crippen LogP contribution in [0.3, 0.4) is 0 Å². The van der Waals surface area contributed by atoms with Gasteiger partial charge in [-0.2, -0.15) is 18.8 Å². The van der Waals surface area contributed by atoms with E-state index in [1.165, 1.54) is 24.3 Å². The number of hydrogen-bond donors (Lipinski definition) is 1. The number of amides is 1. The summed E-state index contributed by atoms with van der Waals surface area (Å²) in [5.74, 6) is -2.56. The number of thiazole rings is 1. The van der Waals surface area contributed by atoms with Crippen LogP contribution >= 0.6 is 11.3 Å². The van der Waals surface area contributed by atoms with Crippen LogP contribution in [0.15, 0.2) is 55.1 Å². The van der Waals surface area contributed by atoms with Gasteiger partial charge in [-0.05, 0) is 32.0 Å². The van der Waals surface area contributed by atoms with Crippen molar-refractivity contribution in [2.24, 2.45) is 0 Å². The largest absolute Gasteiger partial charge is 0.345 e. The zero-order valence-corrected chi connectivity index (χ0v) is 22.6. The maximum absolute atomic E-state index is 15.2. The first kappa shape index (κ1) is 28.0. The van der Waals surface area contributed by atoms with Crippen molar-refractivity contribution in [1.29, 1.82) is 5.26 Å². The van der Waals surface area contributed by atoms with E-state index in [1.807, 2.05) is 6.07 Å². The van der Waals surface area contributed by atoms with Crippen LogP contribution in [-0.4, -0.2) is 46.4 Å². The minimum absolute atomic E-state index is 0.231. The molecule has 2 aromatic carbocycles. The van der Waals surface area contributed by atoms with Gasteiger partial charge in [0.2, 0.25) is 0 Å². The van der Waals surface area contributed by atoms with E-state index in [0.29, 0.717) is 27.9 Å². The molecule has 14 heteroatoms. The Morgan fingerprint density at radius 1 is 1.26 bits per heavy atom. The molecular formula is C25H22F2N6O4S2. The number of nitrogens with zero attached hydrogens (tertiary/aromatic N) is 5. The number of carbonyl (C=O) groups excluding carboxylic acids is 1. The fourth-order valence-electron chi connectivity index (χ4n) is 4.05. The number of rotatable bonds is 9. The molecule has 0 aliphatic heterocycles. The molecule has 0 saturated heterocycles. The lowest BCUT2D eigenvalue weighted by Crippen LogP contribution is -2.54. The normalized spacial score (nSPS) is 13.8. The number of nitriles is 1. The molecule has 1 N–H and O–H groups in total. The Bertz CT molecular complexity index is 1650. The van der Waals surface area contributed by atoms with E-state index in [4.69, 9.17) is 9.44 Å². The average Bonchev–Trinajstić information content (AvgIpc) is 3.52. The zero-order valence-electron chi connectivity index (χ0n) is 20.9. The van der Waals surface area contributed by atoms with E-state index in [-0.39, 0.29) is 17.0 Å². The van der Waals surface area contributed by atoms with Gasteiger partial charge in [0.25, 0.3) is 16.0 Å². The predicted octanol–water partition coefficient (Wildman–Crippen LogP) is 3.55. The van der Waals surface area contributed by atoms with Gasteiger partial charge in [-0.3, -0.25) is 8.98 Å². The first-order chi connectivity index (χ1) is 18.4. The molecule has 202 valence electrons. The lowest BCUT2D eigenvalue weighted by Gasteiger charge is -2.38. The molecule has 2 atom stereocenters. The molecule has 0 saturated carbocycles. The summed E-state index contributed by atoms with van der Waals surface area (Å²) in [5, 5.41) is 16.2. The monoisotopic (exact) mass is 572 g/mol. The first-order valence-electron chi connectivity index (χ1n) is 11.4. The van der Waals surface area contributed by atoms with Crippen LogP contribution in [0.1, 0.15) is 33.4 Å². The fourth-order valence-corrected chi connectivity index (χ4v) is 5.86. The fraction of sp³-hybridized carbons (Fsp3) is 0.240. The van der Waals surface area contributed by atoms with Gasteiger partial charge >= 0.3 is 0 Å². The second kappa shape index (κ2) is 11.0. The van der Waals surface area contributed by atoms with E-state index >= 15 is 4.39 Å². The quantitative estimate of drug-likeness (QED) is 0.300. The van der Waals surface area contributed by atoms with E-state index < -0.39 is 39.3 Å². The van der Waals surface area contributed by atoms with Crippen LogP contribution < -0.4 is 5.32 Å². The molecule has 4 rings (SSSR count). The van der Waals surface area contributed by atoms with E-state index in [2.05, 4.69) is 20.4 Å². The Kier molecular flexibility index (Phi) is 7.86. The molecule has 2 heterocycles. The SMILES string of the molecule is Cc1nc(-c2ccc(C#N)cc2)sc1C(=O)N[C@H](C)[C@@](Cn1cncn1)(OS(C)(=O)=O)c1ccc(F)cc1F. The van der Waals surface area contributed by atoms with Crippen molar-refractivity contribution in [3.05, 3.63) is 88.5 Å². The molecule has 0 fully saturated rings. The molecule has 0 bridgehead atoms. The van der Waals surface area contributed by atoms with Crippen molar-refractivity contribution in [1.82, 2.24) is 25.1 Å². The molecule has 0 unspecified atom stereocenters. The van der Waals surface area contributed by atoms with Crippen LogP contribution in [0.2, 0.25) is 0 Å². The van der Waals surface area contributed by atoms with Gasteiger partial charge in [-0.1, -0.05) is 18.2 Å². The molecule has 0 radical (unpaired) electrons. The maximum atomic E-state index is 15.2. The number of benzene rings is 2. The van der Waals surface area contributed by atoms with Crippen molar-refractivity contribution in [2.75, 3.05) is 6.26 Å². The van der Waals surface area contributed by atoms with Crippen molar-refractivity contribution >= 4 is 27.4 Å². The topological polar surface area (TPSA) is 140 Å². The van der Waals surface area contributed by atoms with Gasteiger partial charge in [0.1, 0.15) is 34.2 Å². The third-order valence-corrected chi connectivity index (χ3v) is 7.67. The standard InChI is InChI=1S/C25H22F2N6O4S2/c1-15-22(38-24(31-15)18-6-4-17(11-28)5-7-18)23(34)32-16(2)25(37-39(3,35)36,12-33-14-29-13-30-33)20-9-8-19(26)10-21(20)27/h4-10,13-14,16H,12H2,1-3H3,(H,32,34)/t16-,25-/m1/s1. The minimum atomic E-state index is -4.26. The summed E-state index contributed by atoms with van der Waals surface area (Å²) in [5.41, 5.74) is -0.812. The zero-order chi connectivity index (χ0) is 28.4. The molecule has 4 aromatic rings. The Balaban J connectivity index is 1.74. The molecule has 1 amide bonds. The Hall–Kier alpha value is -4.06. The molecule has 39 heavy (non-hydrogen) atoms. The molecule has 0 aliphatic rings. The third-order valence-electron chi connectivity index (χ3n) is 5.86. The van der Waals surface area contributed by atoms with Crippen LogP contribution in [-0.2, 0) is 26.4 Å². The second-order valence-electron chi connectivity index (χ2n) is 8.71. The van der Waals surface area contributed by atoms with E-state index in [1.54, 1.807) is 31.2 Å². The summed E-state index contributed by atoms with van der Waals surface area (Å²) in [6.07, 6.45) is 3.25. The number of aromatic nitrogens is 4. The van der Waals surface area contributed by atoms with Gasteiger partial charge in [0, 0.05) is 17.2 Å². The Labute approximate surface area is 227 Å². The highest BCUT2D eigenvalue weighted by atomic mass is 32.2. The highest BCUT2D eigenvalue weighted by molar-refractivity contribution is 7.86. The van der Waals surface area contributed by atoms with Gasteiger partial charge in [-0.15, -0.1) is 11.3 Å². The third kappa shape index (κ3) is 6.17. The summed E-state index contributed by atoms with van der Waals surface area (Å²) in [7, 11) is -4.26. The van der Waals surface area contributed by atoms with Gasteiger partial charge < -0.3 is 5.32 Å². The average molecular weight is 573 g/mol. The molecule has 0 aliphatic carbocycles. The summed E-state index contributed by atoms with van der Waals surface area (Å²) in [6, 6.07) is 10.2. The summed E-state index contributed by atoms with van der Waals surface area (Å²) in [4.78, 5) is 21.9. The van der Waals surface area contributed by atoms with Gasteiger partial charge in [-0.25, -0.2) is 23.4 Å². The van der Waals surface area contributed by atoms with Crippen molar-refractivity contribution in [3.8, 4) is 16.6 Å². The molecular weight excluding hydrogens is 550 g/mol. The van der Waals surface area contributed by atoms with Crippen molar-refractivity contribution in [3.63, 3.8) is 0 Å². The lowest BCUT2D eigenvalue weighted by molar-refractivity contribution is 0.0134. The van der Waals surface area contributed by atoms with Gasteiger partial charge in [0.05, 0.1) is 36.2 Å². The Morgan fingerprint density at radius 3 is 2.56 bits per heavy atom. The summed E-state index contributed by atoms with van der Waals surface area (Å²) < 4.78 is 60.6. The summed E-state index contributed by atoms with van der Waals surface area (Å²) >= 11 is 1.09. The first-order valence-corrected chi connectivity index (χ1v) is 14.0. The lowest BCUT2D eigenvalue weighted by atomic mass is 9.86. The number of halogens is 2. The predicted molar refractivity (Wildman–Crippen MR) is 138 cm³/mol. The van der Waals surface area contributed by atoms with E-state index in [0.717, 1.165) is 29.7 Å². The smallest absolute Gasteiger partial charge is 0.265 e. The highest BCUT2D eigenvalue weighted by Gasteiger charge is 2.46.